The van der Waals surface area contributed by atoms with E-state index in [1.54, 1.807) is 28.8 Å². The molecule has 3 heterocycles. The Kier molecular flexibility index (Phi) is 4.19. The number of aromatic nitrogens is 3. The lowest BCUT2D eigenvalue weighted by Gasteiger charge is -2.14. The summed E-state index contributed by atoms with van der Waals surface area (Å²) in [6, 6.07) is 9.98. The average Bonchev–Trinajstić information content (AvgIpc) is 3.36. The molecule has 2 aromatic carbocycles. The maximum atomic E-state index is 14.1. The topological polar surface area (TPSA) is 81.2 Å². The smallest absolute Gasteiger partial charge is 0.263 e. The van der Waals surface area contributed by atoms with Crippen LogP contribution in [0.3, 0.4) is 0 Å². The van der Waals surface area contributed by atoms with Crippen LogP contribution in [0.15, 0.2) is 51.9 Å². The minimum atomic E-state index is -0.303. The van der Waals surface area contributed by atoms with Gasteiger partial charge < -0.3 is 9.63 Å². The molecule has 0 bridgehead atoms. The third-order valence-corrected chi connectivity index (χ3v) is 7.12. The van der Waals surface area contributed by atoms with Crippen molar-refractivity contribution < 1.29 is 14.0 Å². The van der Waals surface area contributed by atoms with Gasteiger partial charge in [-0.15, -0.1) is 11.3 Å². The fourth-order valence-corrected chi connectivity index (χ4v) is 5.37. The van der Waals surface area contributed by atoms with Crippen molar-refractivity contribution in [1.82, 2.24) is 14.7 Å². The fraction of sp³-hybridized carbons (Fsp3) is 0.208. The van der Waals surface area contributed by atoms with Gasteiger partial charge >= 0.3 is 0 Å². The maximum absolute atomic E-state index is 14.1. The van der Waals surface area contributed by atoms with Crippen molar-refractivity contribution in [3.05, 3.63) is 75.7 Å². The maximum Gasteiger partial charge on any atom is 0.263 e. The molecule has 0 aliphatic heterocycles. The number of hydrogen-bond donors (Lipinski definition) is 1. The van der Waals surface area contributed by atoms with Gasteiger partial charge in [-0.25, -0.2) is 9.37 Å². The average molecular weight is 447 g/mol. The van der Waals surface area contributed by atoms with E-state index in [-0.39, 0.29) is 29.6 Å². The molecule has 0 unspecified atom stereocenters. The fourth-order valence-electron chi connectivity index (χ4n) is 4.21. The van der Waals surface area contributed by atoms with Gasteiger partial charge in [-0.1, -0.05) is 17.3 Å². The number of fused-ring (bicyclic) bond motifs is 3. The van der Waals surface area contributed by atoms with Crippen LogP contribution >= 0.6 is 11.3 Å². The molecule has 32 heavy (non-hydrogen) atoms. The highest BCUT2D eigenvalue weighted by atomic mass is 32.1. The van der Waals surface area contributed by atoms with Crippen molar-refractivity contribution >= 4 is 31.6 Å². The molecule has 1 fully saturated rings. The summed E-state index contributed by atoms with van der Waals surface area (Å²) in [5.41, 5.74) is 2.11. The van der Waals surface area contributed by atoms with Crippen molar-refractivity contribution in [2.24, 2.45) is 0 Å². The van der Waals surface area contributed by atoms with Crippen LogP contribution in [-0.2, 0) is 6.54 Å². The first-order valence-corrected chi connectivity index (χ1v) is 11.2. The van der Waals surface area contributed by atoms with Gasteiger partial charge in [0.25, 0.3) is 5.56 Å². The van der Waals surface area contributed by atoms with Gasteiger partial charge in [0.15, 0.2) is 5.76 Å². The van der Waals surface area contributed by atoms with Gasteiger partial charge in [-0.2, -0.15) is 0 Å². The summed E-state index contributed by atoms with van der Waals surface area (Å²) < 4.78 is 21.5. The van der Waals surface area contributed by atoms with Crippen LogP contribution in [0, 0.1) is 12.7 Å². The van der Waals surface area contributed by atoms with Crippen LogP contribution in [0.2, 0.25) is 0 Å². The number of aryl methyl sites for hydroxylation is 1. The first-order chi connectivity index (χ1) is 15.5. The first kappa shape index (κ1) is 19.2. The highest BCUT2D eigenvalue weighted by Gasteiger charge is 2.29. The summed E-state index contributed by atoms with van der Waals surface area (Å²) in [6.07, 6.45) is 3.50. The highest BCUT2D eigenvalue weighted by Crippen LogP contribution is 2.45. The number of aromatic hydroxyl groups is 1. The van der Waals surface area contributed by atoms with Gasteiger partial charge in [0.05, 0.1) is 22.8 Å². The van der Waals surface area contributed by atoms with E-state index in [4.69, 9.17) is 9.51 Å². The van der Waals surface area contributed by atoms with Crippen LogP contribution in [0.1, 0.15) is 35.6 Å². The van der Waals surface area contributed by atoms with Gasteiger partial charge in [0.1, 0.15) is 22.2 Å². The molecule has 0 amide bonds. The Balaban J connectivity index is 1.70. The molecule has 0 saturated heterocycles. The van der Waals surface area contributed by atoms with Crippen LogP contribution in [0.5, 0.6) is 5.75 Å². The lowest BCUT2D eigenvalue weighted by atomic mass is 10.0. The summed E-state index contributed by atoms with van der Waals surface area (Å²) >= 11 is 1.29. The van der Waals surface area contributed by atoms with E-state index in [1.807, 2.05) is 13.0 Å². The summed E-state index contributed by atoms with van der Waals surface area (Å²) in [4.78, 5) is 19.2. The number of hydrogen-bond acceptors (Lipinski definition) is 6. The van der Waals surface area contributed by atoms with E-state index in [0.717, 1.165) is 29.5 Å². The summed E-state index contributed by atoms with van der Waals surface area (Å²) in [5, 5.41) is 15.5. The molecule has 8 heteroatoms. The Morgan fingerprint density at radius 3 is 2.84 bits per heavy atom. The van der Waals surface area contributed by atoms with Crippen molar-refractivity contribution in [2.45, 2.75) is 32.2 Å². The highest BCUT2D eigenvalue weighted by molar-refractivity contribution is 7.25. The van der Waals surface area contributed by atoms with E-state index in [2.05, 4.69) is 5.16 Å². The molecule has 0 radical (unpaired) electrons. The number of benzene rings is 2. The number of halogens is 1. The number of phenolic OH excluding ortho intramolecular Hbond substituents is 1. The normalized spacial score (nSPS) is 13.9. The van der Waals surface area contributed by atoms with Gasteiger partial charge in [0.2, 0.25) is 0 Å². The minimum absolute atomic E-state index is 0.147. The third kappa shape index (κ3) is 2.94. The van der Waals surface area contributed by atoms with E-state index in [0.29, 0.717) is 31.9 Å². The SMILES string of the molecule is Cc1ccc2c(sc3nc(-c4ccc(F)cc4C4CC4)n(Cc4ccno4)c(=O)c32)c1O. The molecule has 3 aromatic heterocycles. The summed E-state index contributed by atoms with van der Waals surface area (Å²) in [6.45, 7) is 1.97. The van der Waals surface area contributed by atoms with Crippen LogP contribution in [-0.4, -0.2) is 19.8 Å². The second-order valence-corrected chi connectivity index (χ2v) is 9.20. The molecule has 0 atom stereocenters. The molecule has 5 aromatic rings. The molecule has 6 nitrogen and oxygen atoms in total. The second-order valence-electron chi connectivity index (χ2n) is 8.20. The van der Waals surface area contributed by atoms with E-state index in [9.17, 15) is 14.3 Å². The number of rotatable bonds is 4. The zero-order chi connectivity index (χ0) is 22.0. The van der Waals surface area contributed by atoms with Crippen molar-refractivity contribution in [1.29, 1.82) is 0 Å². The predicted octanol–water partition coefficient (Wildman–Crippen LogP) is 5.35. The number of thiophene rings is 1. The zero-order valence-electron chi connectivity index (χ0n) is 17.1. The van der Waals surface area contributed by atoms with Crippen LogP contribution < -0.4 is 5.56 Å². The van der Waals surface area contributed by atoms with Gasteiger partial charge in [0, 0.05) is 17.0 Å². The Bertz CT molecular complexity index is 1570. The minimum Gasteiger partial charge on any atom is -0.506 e. The monoisotopic (exact) mass is 447 g/mol. The van der Waals surface area contributed by atoms with Gasteiger partial charge in [-0.3, -0.25) is 9.36 Å². The third-order valence-electron chi connectivity index (χ3n) is 6.01. The summed E-state index contributed by atoms with van der Waals surface area (Å²) in [7, 11) is 0. The lowest BCUT2D eigenvalue weighted by molar-refractivity contribution is 0.375. The van der Waals surface area contributed by atoms with Crippen LogP contribution in [0.25, 0.3) is 31.7 Å². The molecule has 160 valence electrons. The Morgan fingerprint density at radius 2 is 2.09 bits per heavy atom. The molecular formula is C24H18FN3O3S. The van der Waals surface area contributed by atoms with Gasteiger partial charge in [-0.05, 0) is 55.0 Å². The predicted molar refractivity (Wildman–Crippen MR) is 121 cm³/mol. The Labute approximate surface area is 185 Å². The number of nitrogens with zero attached hydrogens (tertiary/aromatic N) is 3. The second kappa shape index (κ2) is 7.00. The lowest BCUT2D eigenvalue weighted by Crippen LogP contribution is -2.24. The zero-order valence-corrected chi connectivity index (χ0v) is 17.9. The summed E-state index contributed by atoms with van der Waals surface area (Å²) in [5.74, 6) is 1.10. The van der Waals surface area contributed by atoms with E-state index < -0.39 is 0 Å². The largest absolute Gasteiger partial charge is 0.506 e. The first-order valence-electron chi connectivity index (χ1n) is 10.4. The quantitative estimate of drug-likeness (QED) is 0.402. The van der Waals surface area contributed by atoms with Crippen molar-refractivity contribution in [3.8, 4) is 17.1 Å². The van der Waals surface area contributed by atoms with Crippen LogP contribution in [0.4, 0.5) is 4.39 Å². The van der Waals surface area contributed by atoms with Crippen molar-refractivity contribution in [3.63, 3.8) is 0 Å². The molecule has 0 spiro atoms. The van der Waals surface area contributed by atoms with E-state index >= 15 is 0 Å². The molecular weight excluding hydrogens is 429 g/mol. The Hall–Kier alpha value is -3.52. The molecule has 6 rings (SSSR count). The molecule has 1 N–H and O–H groups in total. The standard InChI is InChI=1S/C24H18FN3O3S/c1-12-2-6-17-19-23(32-21(17)20(12)29)27-22(28(24(19)30)11-15-8-9-26-31-15)16-7-5-14(25)10-18(16)13-3-4-13/h2,5-10,13,29H,3-4,11H2,1H3. The molecule has 1 aliphatic carbocycles. The Morgan fingerprint density at radius 1 is 1.25 bits per heavy atom. The van der Waals surface area contributed by atoms with Crippen molar-refractivity contribution in [2.75, 3.05) is 0 Å². The molecule has 1 saturated carbocycles. The molecule has 1 aliphatic rings. The number of phenols is 1. The van der Waals surface area contributed by atoms with E-state index in [1.165, 1.54) is 23.6 Å².